The minimum absolute atomic E-state index is 0.292. The van der Waals surface area contributed by atoms with Gasteiger partial charge >= 0.3 is 5.97 Å². The minimum Gasteiger partial charge on any atom is -0.465 e. The van der Waals surface area contributed by atoms with Crippen LogP contribution in [0.3, 0.4) is 0 Å². The van der Waals surface area contributed by atoms with Gasteiger partial charge < -0.3 is 15.5 Å². The number of rotatable bonds is 6. The van der Waals surface area contributed by atoms with E-state index in [1.54, 1.807) is 0 Å². The number of benzene rings is 1. The second-order valence-electron chi connectivity index (χ2n) is 5.92. The Bertz CT molecular complexity index is 616. The molecule has 3 N–H and O–H groups in total. The number of fused-ring (bicyclic) bond motifs is 1. The number of carbonyl (C=O) groups is 1. The first-order valence-corrected chi connectivity index (χ1v) is 7.71. The summed E-state index contributed by atoms with van der Waals surface area (Å²) < 4.78 is 5.30. The van der Waals surface area contributed by atoms with E-state index in [-0.39, 0.29) is 5.97 Å². The predicted molar refractivity (Wildman–Crippen MR) is 82.9 cm³/mol. The van der Waals surface area contributed by atoms with E-state index in [1.165, 1.54) is 19.3 Å². The van der Waals surface area contributed by atoms with Crippen molar-refractivity contribution in [3.63, 3.8) is 0 Å². The van der Waals surface area contributed by atoms with Crippen LogP contribution in [0.15, 0.2) is 30.5 Å². The molecule has 3 rings (SSSR count). The van der Waals surface area contributed by atoms with Crippen LogP contribution in [0.5, 0.6) is 0 Å². The number of para-hydroxylation sites is 1. The molecule has 0 bridgehead atoms. The first-order valence-electron chi connectivity index (χ1n) is 7.71. The fourth-order valence-electron chi connectivity index (χ4n) is 2.84. The van der Waals surface area contributed by atoms with Gasteiger partial charge in [0.15, 0.2) is 0 Å². The van der Waals surface area contributed by atoms with Crippen LogP contribution in [0, 0.1) is 5.92 Å². The van der Waals surface area contributed by atoms with Gasteiger partial charge in [0.25, 0.3) is 0 Å². The quantitative estimate of drug-likeness (QED) is 0.802. The fraction of sp³-hybridized carbons (Fsp3) is 0.471. The predicted octanol–water partition coefficient (Wildman–Crippen LogP) is 2.77. The molecule has 1 aliphatic rings. The zero-order chi connectivity index (χ0) is 14.7. The summed E-state index contributed by atoms with van der Waals surface area (Å²) in [6.07, 6.45) is 7.28. The third-order valence-corrected chi connectivity index (χ3v) is 4.41. The van der Waals surface area contributed by atoms with Gasteiger partial charge in [0, 0.05) is 23.5 Å². The molecular formula is C17H22N2O2. The summed E-state index contributed by atoms with van der Waals surface area (Å²) in [5.74, 6) is 0.460. The van der Waals surface area contributed by atoms with Crippen LogP contribution in [-0.2, 0) is 16.0 Å². The lowest BCUT2D eigenvalue weighted by atomic mass is 9.83. The van der Waals surface area contributed by atoms with E-state index in [4.69, 9.17) is 10.5 Å². The topological polar surface area (TPSA) is 68.1 Å². The van der Waals surface area contributed by atoms with Gasteiger partial charge in [-0.1, -0.05) is 37.5 Å². The number of aromatic amines is 1. The van der Waals surface area contributed by atoms with Gasteiger partial charge in [0.05, 0.1) is 6.61 Å². The number of esters is 1. The molecule has 0 amide bonds. The molecule has 1 heterocycles. The first-order chi connectivity index (χ1) is 10.2. The molecule has 112 valence electrons. The van der Waals surface area contributed by atoms with Gasteiger partial charge in [-0.3, -0.25) is 4.79 Å². The van der Waals surface area contributed by atoms with Crippen molar-refractivity contribution in [2.24, 2.45) is 11.7 Å². The van der Waals surface area contributed by atoms with Crippen LogP contribution in [-0.4, -0.2) is 23.6 Å². The lowest BCUT2D eigenvalue weighted by Gasteiger charge is -2.25. The minimum atomic E-state index is -0.592. The van der Waals surface area contributed by atoms with Gasteiger partial charge in [-0.15, -0.1) is 0 Å². The van der Waals surface area contributed by atoms with E-state index in [0.29, 0.717) is 13.0 Å². The Balaban J connectivity index is 1.52. The third-order valence-electron chi connectivity index (χ3n) is 4.41. The standard InChI is InChI=1S/C17H22N2O2/c18-15(17(20)21-9-8-12-4-3-5-12)10-13-11-19-16-7-2-1-6-14(13)16/h1-2,6-7,11-12,15,19H,3-5,8-10,18H2/t15-/m1/s1. The number of nitrogens with one attached hydrogen (secondary N) is 1. The normalized spacial score (nSPS) is 16.6. The van der Waals surface area contributed by atoms with Crippen molar-refractivity contribution >= 4 is 16.9 Å². The molecule has 21 heavy (non-hydrogen) atoms. The van der Waals surface area contributed by atoms with Crippen LogP contribution in [0.25, 0.3) is 10.9 Å². The van der Waals surface area contributed by atoms with E-state index in [0.717, 1.165) is 28.8 Å². The van der Waals surface area contributed by atoms with Crippen LogP contribution in [0.1, 0.15) is 31.2 Å². The van der Waals surface area contributed by atoms with Gasteiger partial charge in [0.2, 0.25) is 0 Å². The van der Waals surface area contributed by atoms with Gasteiger partial charge in [-0.25, -0.2) is 0 Å². The van der Waals surface area contributed by atoms with Crippen LogP contribution in [0.2, 0.25) is 0 Å². The maximum atomic E-state index is 11.9. The molecular weight excluding hydrogens is 264 g/mol. The molecule has 4 nitrogen and oxygen atoms in total. The molecule has 1 aromatic heterocycles. The molecule has 0 radical (unpaired) electrons. The Labute approximate surface area is 124 Å². The number of carbonyl (C=O) groups excluding carboxylic acids is 1. The van der Waals surface area contributed by atoms with E-state index < -0.39 is 6.04 Å². The Morgan fingerprint density at radius 1 is 1.38 bits per heavy atom. The average molecular weight is 286 g/mol. The second kappa shape index (κ2) is 6.31. The Morgan fingerprint density at radius 2 is 2.19 bits per heavy atom. The highest BCUT2D eigenvalue weighted by Gasteiger charge is 2.20. The highest BCUT2D eigenvalue weighted by molar-refractivity contribution is 5.84. The summed E-state index contributed by atoms with van der Waals surface area (Å²) in [5, 5.41) is 1.12. The van der Waals surface area contributed by atoms with E-state index in [1.807, 2.05) is 30.5 Å². The highest BCUT2D eigenvalue weighted by Crippen LogP contribution is 2.29. The van der Waals surface area contributed by atoms with Crippen LogP contribution < -0.4 is 5.73 Å². The van der Waals surface area contributed by atoms with Crippen molar-refractivity contribution in [2.75, 3.05) is 6.61 Å². The van der Waals surface area contributed by atoms with Crippen molar-refractivity contribution in [3.8, 4) is 0 Å². The molecule has 4 heteroatoms. The van der Waals surface area contributed by atoms with Crippen molar-refractivity contribution in [3.05, 3.63) is 36.0 Å². The molecule has 1 aliphatic carbocycles. The molecule has 1 fully saturated rings. The van der Waals surface area contributed by atoms with Crippen LogP contribution >= 0.6 is 0 Å². The van der Waals surface area contributed by atoms with Crippen molar-refractivity contribution < 1.29 is 9.53 Å². The number of nitrogens with two attached hydrogens (primary N) is 1. The molecule has 0 aliphatic heterocycles. The lowest BCUT2D eigenvalue weighted by molar-refractivity contribution is -0.145. The monoisotopic (exact) mass is 286 g/mol. The Kier molecular flexibility index (Phi) is 4.25. The van der Waals surface area contributed by atoms with E-state index in [2.05, 4.69) is 4.98 Å². The average Bonchev–Trinajstić information content (AvgIpc) is 2.85. The summed E-state index contributed by atoms with van der Waals surface area (Å²) in [6, 6.07) is 7.43. The molecule has 0 spiro atoms. The summed E-state index contributed by atoms with van der Waals surface area (Å²) in [6.45, 7) is 0.505. The van der Waals surface area contributed by atoms with Crippen molar-refractivity contribution in [1.29, 1.82) is 0 Å². The summed E-state index contributed by atoms with van der Waals surface area (Å²) in [5.41, 5.74) is 8.11. The zero-order valence-corrected chi connectivity index (χ0v) is 12.2. The summed E-state index contributed by atoms with van der Waals surface area (Å²) in [7, 11) is 0. The largest absolute Gasteiger partial charge is 0.465 e. The number of hydrogen-bond donors (Lipinski definition) is 2. The second-order valence-corrected chi connectivity index (χ2v) is 5.92. The number of aromatic nitrogens is 1. The molecule has 1 atom stereocenters. The van der Waals surface area contributed by atoms with Crippen molar-refractivity contribution in [1.82, 2.24) is 4.98 Å². The third kappa shape index (κ3) is 3.27. The first kappa shape index (κ1) is 14.1. The fourth-order valence-corrected chi connectivity index (χ4v) is 2.84. The Hall–Kier alpha value is -1.81. The molecule has 0 saturated heterocycles. The number of ether oxygens (including phenoxy) is 1. The maximum absolute atomic E-state index is 11.9. The SMILES string of the molecule is N[C@H](Cc1c[nH]c2ccccc12)C(=O)OCCC1CCC1. The van der Waals surface area contributed by atoms with E-state index >= 15 is 0 Å². The lowest BCUT2D eigenvalue weighted by Crippen LogP contribution is -2.34. The molecule has 2 aromatic rings. The number of hydrogen-bond acceptors (Lipinski definition) is 3. The zero-order valence-electron chi connectivity index (χ0n) is 12.2. The maximum Gasteiger partial charge on any atom is 0.323 e. The molecule has 1 saturated carbocycles. The summed E-state index contributed by atoms with van der Waals surface area (Å²) in [4.78, 5) is 15.1. The summed E-state index contributed by atoms with van der Waals surface area (Å²) >= 11 is 0. The van der Waals surface area contributed by atoms with Crippen LogP contribution in [0.4, 0.5) is 0 Å². The highest BCUT2D eigenvalue weighted by atomic mass is 16.5. The van der Waals surface area contributed by atoms with Crippen molar-refractivity contribution in [2.45, 2.75) is 38.1 Å². The molecule has 1 aromatic carbocycles. The smallest absolute Gasteiger partial charge is 0.323 e. The Morgan fingerprint density at radius 3 is 2.95 bits per heavy atom. The van der Waals surface area contributed by atoms with Gasteiger partial charge in [-0.2, -0.15) is 0 Å². The van der Waals surface area contributed by atoms with Gasteiger partial charge in [0.1, 0.15) is 6.04 Å². The van der Waals surface area contributed by atoms with Gasteiger partial charge in [-0.05, 0) is 24.0 Å². The number of H-pyrrole nitrogens is 1. The molecule has 0 unspecified atom stereocenters. The van der Waals surface area contributed by atoms with E-state index in [9.17, 15) is 4.79 Å².